The number of hydrogen-bond donors (Lipinski definition) is 1. The summed E-state index contributed by atoms with van der Waals surface area (Å²) >= 11 is 5.47. The van der Waals surface area contributed by atoms with Gasteiger partial charge in [-0.2, -0.15) is 21.6 Å². The number of alkyl halides is 3. The van der Waals surface area contributed by atoms with Gasteiger partial charge in [0.1, 0.15) is 5.75 Å². The molecule has 17 heavy (non-hydrogen) atoms. The number of hydrogen-bond acceptors (Lipinski definition) is 2. The second-order valence-corrected chi connectivity index (χ2v) is 4.85. The molecule has 0 amide bonds. The van der Waals surface area contributed by atoms with Gasteiger partial charge in [-0.25, -0.2) is 0 Å². The Balaban J connectivity index is 0.00000256. The molecule has 0 aliphatic heterocycles. The van der Waals surface area contributed by atoms with Crippen LogP contribution in [0.25, 0.3) is 0 Å². The van der Waals surface area contributed by atoms with Crippen molar-refractivity contribution < 1.29 is 26.1 Å². The van der Waals surface area contributed by atoms with Crippen LogP contribution in [0, 0.1) is 0 Å². The largest absolute Gasteiger partial charge is 0.416 e. The van der Waals surface area contributed by atoms with Crippen molar-refractivity contribution in [3.8, 4) is 0 Å². The van der Waals surface area contributed by atoms with E-state index in [2.05, 4.69) is 0 Å². The summed E-state index contributed by atoms with van der Waals surface area (Å²) < 4.78 is 67.1. The van der Waals surface area contributed by atoms with Crippen LogP contribution in [0.4, 0.5) is 13.2 Å². The van der Waals surface area contributed by atoms with Crippen LogP contribution in [-0.4, -0.2) is 42.5 Å². The van der Waals surface area contributed by atoms with Gasteiger partial charge in [0.05, 0.1) is 5.56 Å². The summed E-state index contributed by atoms with van der Waals surface area (Å²) in [5.41, 5.74) is -1.82. The normalized spacial score (nSPS) is 12.1. The van der Waals surface area contributed by atoms with Gasteiger partial charge in [0.15, 0.2) is 0 Å². The van der Waals surface area contributed by atoms with E-state index in [1.54, 1.807) is 0 Å². The maximum atomic E-state index is 12.5. The molecule has 0 spiro atoms. The summed E-state index contributed by atoms with van der Waals surface area (Å²) in [7, 11) is -4.57. The summed E-state index contributed by atoms with van der Waals surface area (Å²) in [6.45, 7) is 0. The van der Waals surface area contributed by atoms with E-state index < -0.39 is 33.2 Å². The minimum Gasteiger partial charge on any atom is -0.285 e. The molecular formula is C8H6ClF3NaO3S. The van der Waals surface area contributed by atoms with Gasteiger partial charge >= 0.3 is 6.18 Å². The molecule has 1 rings (SSSR count). The van der Waals surface area contributed by atoms with Crippen molar-refractivity contribution in [1.29, 1.82) is 0 Å². The van der Waals surface area contributed by atoms with Crippen LogP contribution < -0.4 is 0 Å². The molecule has 0 heterocycles. The number of halogens is 4. The third-order valence-corrected chi connectivity index (χ3v) is 2.76. The Morgan fingerprint density at radius 2 is 1.82 bits per heavy atom. The van der Waals surface area contributed by atoms with Crippen LogP contribution in [0.3, 0.4) is 0 Å². The van der Waals surface area contributed by atoms with Gasteiger partial charge in [0.25, 0.3) is 10.1 Å². The quantitative estimate of drug-likeness (QED) is 0.673. The van der Waals surface area contributed by atoms with Gasteiger partial charge < -0.3 is 0 Å². The van der Waals surface area contributed by atoms with E-state index in [9.17, 15) is 21.6 Å². The number of benzene rings is 1. The van der Waals surface area contributed by atoms with Crippen molar-refractivity contribution in [3.05, 3.63) is 34.3 Å². The van der Waals surface area contributed by atoms with E-state index in [-0.39, 0.29) is 34.6 Å². The Morgan fingerprint density at radius 3 is 2.24 bits per heavy atom. The summed E-state index contributed by atoms with van der Waals surface area (Å²) in [5.74, 6) is -1.17. The van der Waals surface area contributed by atoms with Gasteiger partial charge in [-0.1, -0.05) is 17.7 Å². The van der Waals surface area contributed by atoms with Gasteiger partial charge in [0.2, 0.25) is 0 Å². The van der Waals surface area contributed by atoms with Crippen LogP contribution in [0.15, 0.2) is 18.2 Å². The average Bonchev–Trinajstić information content (AvgIpc) is 2.04. The first kappa shape index (κ1) is 17.2. The monoisotopic (exact) mass is 297 g/mol. The molecule has 0 aromatic heterocycles. The van der Waals surface area contributed by atoms with Gasteiger partial charge in [-0.05, 0) is 12.1 Å². The molecule has 0 fully saturated rings. The van der Waals surface area contributed by atoms with Gasteiger partial charge in [-0.15, -0.1) is 0 Å². The van der Waals surface area contributed by atoms with E-state index in [0.29, 0.717) is 6.07 Å². The predicted octanol–water partition coefficient (Wildman–Crippen LogP) is 2.37. The Kier molecular flexibility index (Phi) is 5.97. The van der Waals surface area contributed by atoms with Gasteiger partial charge in [-0.3, -0.25) is 4.55 Å². The maximum absolute atomic E-state index is 12.5. The number of rotatable bonds is 2. The summed E-state index contributed by atoms with van der Waals surface area (Å²) in [4.78, 5) is 0. The first-order chi connectivity index (χ1) is 7.11. The molecule has 1 radical (unpaired) electrons. The molecule has 0 saturated heterocycles. The minimum atomic E-state index is -4.72. The van der Waals surface area contributed by atoms with E-state index >= 15 is 0 Å². The zero-order valence-corrected chi connectivity index (χ0v) is 12.2. The molecule has 0 saturated carbocycles. The molecule has 0 aliphatic carbocycles. The molecule has 9 heteroatoms. The fourth-order valence-corrected chi connectivity index (χ4v) is 2.15. The molecule has 1 aromatic rings. The van der Waals surface area contributed by atoms with Crippen molar-refractivity contribution in [2.75, 3.05) is 0 Å². The predicted molar refractivity (Wildman–Crippen MR) is 57.5 cm³/mol. The summed E-state index contributed by atoms with van der Waals surface area (Å²) in [6.07, 6.45) is -4.72. The van der Waals surface area contributed by atoms with Crippen LogP contribution in [0.1, 0.15) is 11.1 Å². The van der Waals surface area contributed by atoms with Crippen LogP contribution in [0.5, 0.6) is 0 Å². The molecule has 1 aromatic carbocycles. The topological polar surface area (TPSA) is 54.4 Å². The van der Waals surface area contributed by atoms with Crippen LogP contribution in [-0.2, 0) is 22.0 Å². The van der Waals surface area contributed by atoms with Crippen molar-refractivity contribution >= 4 is 51.3 Å². The zero-order valence-electron chi connectivity index (χ0n) is 8.62. The van der Waals surface area contributed by atoms with Crippen molar-refractivity contribution in [3.63, 3.8) is 0 Å². The van der Waals surface area contributed by atoms with E-state index in [1.165, 1.54) is 0 Å². The molecule has 1 N–H and O–H groups in total. The van der Waals surface area contributed by atoms with Crippen molar-refractivity contribution in [2.24, 2.45) is 0 Å². The minimum absolute atomic E-state index is 0. The Hall–Kier alpha value is 0.210. The summed E-state index contributed by atoms with van der Waals surface area (Å²) in [6, 6.07) is 2.88. The molecular weight excluding hydrogens is 292 g/mol. The first-order valence-corrected chi connectivity index (χ1v) is 5.90. The smallest absolute Gasteiger partial charge is 0.285 e. The third kappa shape index (κ3) is 5.15. The fraction of sp³-hybridized carbons (Fsp3) is 0.250. The average molecular weight is 298 g/mol. The van der Waals surface area contributed by atoms with E-state index in [1.807, 2.05) is 0 Å². The van der Waals surface area contributed by atoms with Crippen molar-refractivity contribution in [1.82, 2.24) is 0 Å². The second-order valence-electron chi connectivity index (χ2n) is 2.99. The first-order valence-electron chi connectivity index (χ1n) is 3.91. The Morgan fingerprint density at radius 1 is 1.29 bits per heavy atom. The standard InChI is InChI=1S/C8H6ClF3O3S.Na/c9-7-3-1-2-6(8(10,11)12)5(7)4-16(13,14)15;/h1-3H,4H2,(H,13,14,15);. The molecule has 0 atom stereocenters. The third-order valence-electron chi connectivity index (χ3n) is 1.75. The van der Waals surface area contributed by atoms with Gasteiger partial charge in [0, 0.05) is 40.1 Å². The van der Waals surface area contributed by atoms with E-state index in [4.69, 9.17) is 16.2 Å². The van der Waals surface area contributed by atoms with E-state index in [0.717, 1.165) is 12.1 Å². The zero-order chi connectivity index (χ0) is 12.6. The fourth-order valence-electron chi connectivity index (χ4n) is 1.15. The molecule has 3 nitrogen and oxygen atoms in total. The Bertz CT molecular complexity index is 501. The summed E-state index contributed by atoms with van der Waals surface area (Å²) in [5, 5.41) is -0.354. The maximum Gasteiger partial charge on any atom is 0.416 e. The SMILES string of the molecule is O=S(=O)(O)Cc1c(Cl)cccc1C(F)(F)F.[Na]. The van der Waals surface area contributed by atoms with Crippen LogP contribution >= 0.6 is 11.6 Å². The van der Waals surface area contributed by atoms with Crippen molar-refractivity contribution in [2.45, 2.75) is 11.9 Å². The Labute approximate surface area is 123 Å². The molecule has 0 unspecified atom stereocenters. The second kappa shape index (κ2) is 5.90. The van der Waals surface area contributed by atoms with Crippen LogP contribution in [0.2, 0.25) is 5.02 Å². The molecule has 91 valence electrons. The molecule has 0 aliphatic rings. The molecule has 0 bridgehead atoms.